The first kappa shape index (κ1) is 12.7. The van der Waals surface area contributed by atoms with Gasteiger partial charge in [0.25, 0.3) is 0 Å². The predicted octanol–water partition coefficient (Wildman–Crippen LogP) is 1.89. The standard InChI is InChI=1S/C15H17N3O2/c1-16-12(10-18-8-7-17(2)15(18)19)14-9-11-5-3-4-6-13(11)20-14/h3-9,12,16H,10H2,1-2H3. The number of imidazole rings is 1. The first-order chi connectivity index (χ1) is 9.69. The van der Waals surface area contributed by atoms with E-state index in [4.69, 9.17) is 4.42 Å². The zero-order chi connectivity index (χ0) is 14.1. The van der Waals surface area contributed by atoms with Gasteiger partial charge in [-0.25, -0.2) is 4.79 Å². The molecule has 3 aromatic rings. The van der Waals surface area contributed by atoms with Crippen LogP contribution in [-0.4, -0.2) is 16.2 Å². The van der Waals surface area contributed by atoms with Gasteiger partial charge in [-0.2, -0.15) is 0 Å². The van der Waals surface area contributed by atoms with E-state index in [1.54, 1.807) is 28.6 Å². The van der Waals surface area contributed by atoms with Gasteiger partial charge in [-0.1, -0.05) is 18.2 Å². The van der Waals surface area contributed by atoms with Crippen LogP contribution in [0.15, 0.2) is 51.9 Å². The van der Waals surface area contributed by atoms with Crippen molar-refractivity contribution < 1.29 is 4.42 Å². The number of rotatable bonds is 4. The molecule has 0 bridgehead atoms. The second kappa shape index (κ2) is 5.02. The number of benzene rings is 1. The van der Waals surface area contributed by atoms with Crippen molar-refractivity contribution in [2.24, 2.45) is 7.05 Å². The van der Waals surface area contributed by atoms with Crippen molar-refractivity contribution in [2.75, 3.05) is 7.05 Å². The lowest BCUT2D eigenvalue weighted by Crippen LogP contribution is -2.28. The molecule has 3 rings (SSSR count). The molecule has 0 amide bonds. The summed E-state index contributed by atoms with van der Waals surface area (Å²) in [6, 6.07) is 9.88. The highest BCUT2D eigenvalue weighted by Crippen LogP contribution is 2.24. The summed E-state index contributed by atoms with van der Waals surface area (Å²) in [5.74, 6) is 0.837. The maximum absolute atomic E-state index is 11.9. The molecule has 1 aromatic carbocycles. The molecule has 0 radical (unpaired) electrons. The molecule has 0 fully saturated rings. The minimum absolute atomic E-state index is 0.0265. The van der Waals surface area contributed by atoms with E-state index in [1.165, 1.54) is 0 Å². The highest BCUT2D eigenvalue weighted by Gasteiger charge is 2.16. The Morgan fingerprint density at radius 2 is 2.10 bits per heavy atom. The highest BCUT2D eigenvalue weighted by molar-refractivity contribution is 5.77. The fourth-order valence-electron chi connectivity index (χ4n) is 2.34. The lowest BCUT2D eigenvalue weighted by atomic mass is 10.2. The minimum Gasteiger partial charge on any atom is -0.459 e. The molecule has 0 saturated carbocycles. The number of fused-ring (bicyclic) bond motifs is 1. The molecule has 5 heteroatoms. The number of furan rings is 1. The molecule has 1 unspecified atom stereocenters. The third kappa shape index (κ3) is 2.16. The van der Waals surface area contributed by atoms with Crippen LogP contribution in [0, 0.1) is 0 Å². The van der Waals surface area contributed by atoms with E-state index in [1.807, 2.05) is 37.4 Å². The van der Waals surface area contributed by atoms with E-state index >= 15 is 0 Å². The van der Waals surface area contributed by atoms with Gasteiger partial charge in [0.05, 0.1) is 6.04 Å². The predicted molar refractivity (Wildman–Crippen MR) is 77.7 cm³/mol. The maximum Gasteiger partial charge on any atom is 0.327 e. The number of nitrogens with zero attached hydrogens (tertiary/aromatic N) is 2. The van der Waals surface area contributed by atoms with Crippen LogP contribution in [-0.2, 0) is 13.6 Å². The normalized spacial score (nSPS) is 12.9. The molecule has 5 nitrogen and oxygen atoms in total. The van der Waals surface area contributed by atoms with Crippen LogP contribution in [0.5, 0.6) is 0 Å². The van der Waals surface area contributed by atoms with Crippen LogP contribution in [0.25, 0.3) is 11.0 Å². The van der Waals surface area contributed by atoms with Crippen LogP contribution < -0.4 is 11.0 Å². The summed E-state index contributed by atoms with van der Waals surface area (Å²) in [7, 11) is 3.61. The molecular formula is C15H17N3O2. The molecule has 0 aliphatic carbocycles. The van der Waals surface area contributed by atoms with Crippen LogP contribution in [0.4, 0.5) is 0 Å². The van der Waals surface area contributed by atoms with Gasteiger partial charge < -0.3 is 14.3 Å². The topological polar surface area (TPSA) is 52.1 Å². The van der Waals surface area contributed by atoms with Gasteiger partial charge >= 0.3 is 5.69 Å². The number of hydrogen-bond acceptors (Lipinski definition) is 3. The van der Waals surface area contributed by atoms with Crippen LogP contribution in [0.3, 0.4) is 0 Å². The SMILES string of the molecule is CNC(Cn1ccn(C)c1=O)c1cc2ccccc2o1. The van der Waals surface area contributed by atoms with E-state index in [0.29, 0.717) is 6.54 Å². The lowest BCUT2D eigenvalue weighted by molar-refractivity contribution is 0.405. The fourth-order valence-corrected chi connectivity index (χ4v) is 2.34. The largest absolute Gasteiger partial charge is 0.459 e. The first-order valence-electron chi connectivity index (χ1n) is 6.56. The van der Waals surface area contributed by atoms with E-state index in [0.717, 1.165) is 16.7 Å². The van der Waals surface area contributed by atoms with Crippen molar-refractivity contribution in [2.45, 2.75) is 12.6 Å². The molecule has 1 atom stereocenters. The number of likely N-dealkylation sites (N-methyl/N-ethyl adjacent to an activating group) is 1. The van der Waals surface area contributed by atoms with Gasteiger partial charge in [0.1, 0.15) is 11.3 Å². The van der Waals surface area contributed by atoms with Gasteiger partial charge in [-0.15, -0.1) is 0 Å². The van der Waals surface area contributed by atoms with Crippen molar-refractivity contribution in [3.63, 3.8) is 0 Å². The Balaban J connectivity index is 1.93. The molecule has 1 N–H and O–H groups in total. The Hall–Kier alpha value is -2.27. The molecule has 20 heavy (non-hydrogen) atoms. The molecule has 0 spiro atoms. The van der Waals surface area contributed by atoms with Crippen LogP contribution in [0.2, 0.25) is 0 Å². The summed E-state index contributed by atoms with van der Waals surface area (Å²) >= 11 is 0. The Morgan fingerprint density at radius 1 is 1.30 bits per heavy atom. The summed E-state index contributed by atoms with van der Waals surface area (Å²) < 4.78 is 9.09. The second-order valence-corrected chi connectivity index (χ2v) is 4.87. The third-order valence-electron chi connectivity index (χ3n) is 3.53. The molecule has 0 saturated heterocycles. The molecular weight excluding hydrogens is 254 g/mol. The zero-order valence-corrected chi connectivity index (χ0v) is 11.5. The number of nitrogens with one attached hydrogen (secondary N) is 1. The van der Waals surface area contributed by atoms with Gasteiger partial charge in [-0.3, -0.25) is 4.57 Å². The summed E-state index contributed by atoms with van der Waals surface area (Å²) in [4.78, 5) is 11.9. The number of aryl methyl sites for hydroxylation is 1. The third-order valence-corrected chi connectivity index (χ3v) is 3.53. The molecule has 2 aromatic heterocycles. The van der Waals surface area contributed by atoms with Crippen molar-refractivity contribution >= 4 is 11.0 Å². The maximum atomic E-state index is 11.9. The number of para-hydroxylation sites is 1. The quantitative estimate of drug-likeness (QED) is 0.788. The molecule has 0 aliphatic heterocycles. The van der Waals surface area contributed by atoms with Crippen molar-refractivity contribution in [1.29, 1.82) is 0 Å². The monoisotopic (exact) mass is 271 g/mol. The van der Waals surface area contributed by atoms with Gasteiger partial charge in [0.15, 0.2) is 0 Å². The molecule has 104 valence electrons. The molecule has 2 heterocycles. The first-order valence-corrected chi connectivity index (χ1v) is 6.56. The van der Waals surface area contributed by atoms with Crippen molar-refractivity contribution in [3.8, 4) is 0 Å². The fraction of sp³-hybridized carbons (Fsp3) is 0.267. The minimum atomic E-state index is -0.0394. The Labute approximate surface area is 116 Å². The summed E-state index contributed by atoms with van der Waals surface area (Å²) in [6.07, 6.45) is 3.54. The lowest BCUT2D eigenvalue weighted by Gasteiger charge is -2.13. The summed E-state index contributed by atoms with van der Waals surface area (Å²) in [5.41, 5.74) is 0.838. The zero-order valence-electron chi connectivity index (χ0n) is 11.5. The Kier molecular flexibility index (Phi) is 3.20. The average Bonchev–Trinajstić information content (AvgIpc) is 3.02. The molecule has 0 aliphatic rings. The van der Waals surface area contributed by atoms with Crippen molar-refractivity contribution in [1.82, 2.24) is 14.5 Å². The summed E-state index contributed by atoms with van der Waals surface area (Å²) in [6.45, 7) is 0.538. The van der Waals surface area contributed by atoms with E-state index in [-0.39, 0.29) is 11.7 Å². The highest BCUT2D eigenvalue weighted by atomic mass is 16.3. The van der Waals surface area contributed by atoms with Crippen LogP contribution >= 0.6 is 0 Å². The Bertz CT molecular complexity index is 749. The number of hydrogen-bond donors (Lipinski definition) is 1. The van der Waals surface area contributed by atoms with E-state index in [9.17, 15) is 4.79 Å². The van der Waals surface area contributed by atoms with Gasteiger partial charge in [0.2, 0.25) is 0 Å². The van der Waals surface area contributed by atoms with Gasteiger partial charge in [-0.05, 0) is 19.2 Å². The summed E-state index contributed by atoms with van der Waals surface area (Å²) in [5, 5.41) is 4.27. The van der Waals surface area contributed by atoms with E-state index in [2.05, 4.69) is 5.32 Å². The van der Waals surface area contributed by atoms with Crippen molar-refractivity contribution in [3.05, 3.63) is 59.0 Å². The smallest absolute Gasteiger partial charge is 0.327 e. The average molecular weight is 271 g/mol. The van der Waals surface area contributed by atoms with Crippen LogP contribution in [0.1, 0.15) is 11.8 Å². The number of aromatic nitrogens is 2. The Morgan fingerprint density at radius 3 is 2.75 bits per heavy atom. The van der Waals surface area contributed by atoms with E-state index < -0.39 is 0 Å². The van der Waals surface area contributed by atoms with Gasteiger partial charge in [0, 0.05) is 31.4 Å². The second-order valence-electron chi connectivity index (χ2n) is 4.87.